The number of hydrogen-bond donors (Lipinski definition) is 1. The molecule has 2 amide bonds. The van der Waals surface area contributed by atoms with Crippen LogP contribution in [0.15, 0.2) is 22.8 Å². The van der Waals surface area contributed by atoms with Crippen molar-refractivity contribution in [1.29, 1.82) is 0 Å². The Balaban J connectivity index is 2.01. The zero-order valence-electron chi connectivity index (χ0n) is 9.97. The van der Waals surface area contributed by atoms with E-state index >= 15 is 0 Å². The van der Waals surface area contributed by atoms with Crippen molar-refractivity contribution in [2.24, 2.45) is 0 Å². The molecule has 1 fully saturated rings. The van der Waals surface area contributed by atoms with Gasteiger partial charge in [0.05, 0.1) is 24.8 Å². The van der Waals surface area contributed by atoms with Crippen molar-refractivity contribution >= 4 is 11.8 Å². The smallest absolute Gasteiger partial charge is 0.246 e. The Morgan fingerprint density at radius 3 is 2.88 bits per heavy atom. The predicted molar refractivity (Wildman–Crippen MR) is 61.1 cm³/mol. The van der Waals surface area contributed by atoms with Crippen molar-refractivity contribution in [2.45, 2.75) is 32.4 Å². The molecule has 2 atom stereocenters. The van der Waals surface area contributed by atoms with E-state index in [9.17, 15) is 9.59 Å². The van der Waals surface area contributed by atoms with Crippen molar-refractivity contribution in [3.8, 4) is 0 Å². The second-order valence-electron chi connectivity index (χ2n) is 4.14. The predicted octanol–water partition coefficient (Wildman–Crippen LogP) is 1.08. The first kappa shape index (κ1) is 11.9. The van der Waals surface area contributed by atoms with Gasteiger partial charge in [-0.25, -0.2) is 0 Å². The molecule has 1 aliphatic heterocycles. The molecule has 0 radical (unpaired) electrons. The van der Waals surface area contributed by atoms with Gasteiger partial charge in [0.1, 0.15) is 5.76 Å². The highest BCUT2D eigenvalue weighted by atomic mass is 16.3. The molecule has 17 heavy (non-hydrogen) atoms. The second-order valence-corrected chi connectivity index (χ2v) is 4.14. The van der Waals surface area contributed by atoms with Crippen LogP contribution in [0.1, 0.15) is 32.1 Å². The van der Waals surface area contributed by atoms with E-state index in [1.807, 2.05) is 13.0 Å². The molecule has 1 aromatic heterocycles. The Kier molecular flexibility index (Phi) is 3.28. The molecular weight excluding hydrogens is 220 g/mol. The minimum atomic E-state index is -0.428. The van der Waals surface area contributed by atoms with Gasteiger partial charge in [-0.1, -0.05) is 0 Å². The summed E-state index contributed by atoms with van der Waals surface area (Å²) in [4.78, 5) is 24.7. The zero-order chi connectivity index (χ0) is 12.4. The summed E-state index contributed by atoms with van der Waals surface area (Å²) in [5, 5.41) is 3.12. The minimum Gasteiger partial charge on any atom is -0.468 e. The molecule has 1 aromatic rings. The third-order valence-electron chi connectivity index (χ3n) is 2.98. The largest absolute Gasteiger partial charge is 0.468 e. The lowest BCUT2D eigenvalue weighted by Crippen LogP contribution is -2.39. The van der Waals surface area contributed by atoms with Crippen LogP contribution >= 0.6 is 0 Å². The van der Waals surface area contributed by atoms with Crippen LogP contribution in [0.2, 0.25) is 0 Å². The molecular formula is C12H16N2O3. The molecule has 1 saturated heterocycles. The summed E-state index contributed by atoms with van der Waals surface area (Å²) >= 11 is 0. The molecule has 2 rings (SSSR count). The number of furan rings is 1. The fourth-order valence-electron chi connectivity index (χ4n) is 2.07. The minimum absolute atomic E-state index is 0.0800. The van der Waals surface area contributed by atoms with Gasteiger partial charge in [0.2, 0.25) is 11.8 Å². The quantitative estimate of drug-likeness (QED) is 0.794. The Labute approximate surface area is 99.8 Å². The Hall–Kier alpha value is -1.62. The standard InChI is InChI=1S/C12H16N2O3/c1-3-14-11(15)7-9(12(14)16)13-8(2)10-5-4-6-17-10/h4-6,8-9,13H,3,7H2,1-2H3. The summed E-state index contributed by atoms with van der Waals surface area (Å²) in [5.74, 6) is 0.512. The van der Waals surface area contributed by atoms with Gasteiger partial charge in [0, 0.05) is 6.54 Å². The van der Waals surface area contributed by atoms with E-state index in [2.05, 4.69) is 5.32 Å². The third kappa shape index (κ3) is 2.24. The number of nitrogens with zero attached hydrogens (tertiary/aromatic N) is 1. The van der Waals surface area contributed by atoms with Crippen molar-refractivity contribution in [1.82, 2.24) is 10.2 Å². The van der Waals surface area contributed by atoms with Crippen molar-refractivity contribution in [3.05, 3.63) is 24.2 Å². The van der Waals surface area contributed by atoms with Gasteiger partial charge in [0.25, 0.3) is 0 Å². The highest BCUT2D eigenvalue weighted by Gasteiger charge is 2.38. The van der Waals surface area contributed by atoms with Crippen LogP contribution in [-0.2, 0) is 9.59 Å². The molecule has 1 N–H and O–H groups in total. The fourth-order valence-corrected chi connectivity index (χ4v) is 2.07. The number of likely N-dealkylation sites (N-methyl/N-ethyl adjacent to an activating group) is 1. The van der Waals surface area contributed by atoms with Crippen LogP contribution in [0, 0.1) is 0 Å². The monoisotopic (exact) mass is 236 g/mol. The lowest BCUT2D eigenvalue weighted by atomic mass is 10.2. The van der Waals surface area contributed by atoms with E-state index in [1.165, 1.54) is 4.90 Å². The van der Waals surface area contributed by atoms with Gasteiger partial charge in [-0.05, 0) is 26.0 Å². The number of likely N-dealkylation sites (tertiary alicyclic amines) is 1. The van der Waals surface area contributed by atoms with Crippen LogP contribution in [0.5, 0.6) is 0 Å². The van der Waals surface area contributed by atoms with E-state index in [1.54, 1.807) is 19.3 Å². The van der Waals surface area contributed by atoms with E-state index in [0.717, 1.165) is 5.76 Å². The van der Waals surface area contributed by atoms with Crippen LogP contribution in [-0.4, -0.2) is 29.3 Å². The molecule has 5 nitrogen and oxygen atoms in total. The molecule has 2 heterocycles. The van der Waals surface area contributed by atoms with Gasteiger partial charge in [-0.3, -0.25) is 19.8 Å². The first-order chi connectivity index (χ1) is 8.13. The summed E-state index contributed by atoms with van der Waals surface area (Å²) in [6.45, 7) is 4.14. The number of amides is 2. The molecule has 1 aliphatic rings. The maximum Gasteiger partial charge on any atom is 0.246 e. The lowest BCUT2D eigenvalue weighted by molar-refractivity contribution is -0.138. The number of carbonyl (C=O) groups excluding carboxylic acids is 2. The lowest BCUT2D eigenvalue weighted by Gasteiger charge is -2.16. The van der Waals surface area contributed by atoms with Crippen LogP contribution in [0.25, 0.3) is 0 Å². The van der Waals surface area contributed by atoms with Crippen LogP contribution in [0.4, 0.5) is 0 Å². The number of carbonyl (C=O) groups is 2. The molecule has 0 aromatic carbocycles. The number of imide groups is 1. The molecule has 0 saturated carbocycles. The van der Waals surface area contributed by atoms with Crippen molar-refractivity contribution in [3.63, 3.8) is 0 Å². The summed E-state index contributed by atoms with van der Waals surface area (Å²) in [7, 11) is 0. The molecule has 92 valence electrons. The SMILES string of the molecule is CCN1C(=O)CC(NC(C)c2ccco2)C1=O. The maximum atomic E-state index is 11.9. The average molecular weight is 236 g/mol. The summed E-state index contributed by atoms with van der Waals surface area (Å²) in [6, 6.07) is 3.13. The zero-order valence-corrected chi connectivity index (χ0v) is 9.97. The molecule has 0 spiro atoms. The first-order valence-electron chi connectivity index (χ1n) is 5.77. The summed E-state index contributed by atoms with van der Waals surface area (Å²) in [6.07, 6.45) is 1.82. The number of rotatable bonds is 4. The van der Waals surface area contributed by atoms with E-state index in [-0.39, 0.29) is 24.3 Å². The fraction of sp³-hybridized carbons (Fsp3) is 0.500. The normalized spacial score (nSPS) is 22.2. The third-order valence-corrected chi connectivity index (χ3v) is 2.98. The van der Waals surface area contributed by atoms with Crippen LogP contribution < -0.4 is 5.32 Å². The highest BCUT2D eigenvalue weighted by molar-refractivity contribution is 6.05. The Bertz CT molecular complexity index is 413. The Morgan fingerprint density at radius 1 is 1.59 bits per heavy atom. The maximum absolute atomic E-state index is 11.9. The van der Waals surface area contributed by atoms with Gasteiger partial charge < -0.3 is 4.42 Å². The van der Waals surface area contributed by atoms with E-state index in [4.69, 9.17) is 4.42 Å². The van der Waals surface area contributed by atoms with Gasteiger partial charge in [0.15, 0.2) is 0 Å². The average Bonchev–Trinajstić information content (AvgIpc) is 2.89. The van der Waals surface area contributed by atoms with Crippen molar-refractivity contribution in [2.75, 3.05) is 6.54 Å². The second kappa shape index (κ2) is 4.71. The highest BCUT2D eigenvalue weighted by Crippen LogP contribution is 2.18. The van der Waals surface area contributed by atoms with E-state index in [0.29, 0.717) is 6.54 Å². The van der Waals surface area contributed by atoms with Crippen molar-refractivity contribution < 1.29 is 14.0 Å². The van der Waals surface area contributed by atoms with E-state index < -0.39 is 6.04 Å². The number of nitrogens with one attached hydrogen (secondary N) is 1. The molecule has 2 unspecified atom stereocenters. The first-order valence-corrected chi connectivity index (χ1v) is 5.77. The Morgan fingerprint density at radius 2 is 2.35 bits per heavy atom. The van der Waals surface area contributed by atoms with Gasteiger partial charge in [-0.2, -0.15) is 0 Å². The summed E-state index contributed by atoms with van der Waals surface area (Å²) in [5.41, 5.74) is 0. The molecule has 5 heteroatoms. The van der Waals surface area contributed by atoms with Gasteiger partial charge in [-0.15, -0.1) is 0 Å². The number of hydrogen-bond acceptors (Lipinski definition) is 4. The molecule has 0 aliphatic carbocycles. The molecule has 0 bridgehead atoms. The van der Waals surface area contributed by atoms with Gasteiger partial charge >= 0.3 is 0 Å². The topological polar surface area (TPSA) is 62.6 Å². The van der Waals surface area contributed by atoms with Crippen LogP contribution in [0.3, 0.4) is 0 Å². The summed E-state index contributed by atoms with van der Waals surface area (Å²) < 4.78 is 5.25.